The zero-order valence-corrected chi connectivity index (χ0v) is 12.0. The third kappa shape index (κ3) is 5.46. The minimum atomic E-state index is -0.150. The average Bonchev–Trinajstić information content (AvgIpc) is 2.39. The number of nitrogen functional groups attached to an aromatic ring is 1. The van der Waals surface area contributed by atoms with Crippen molar-refractivity contribution in [2.45, 2.75) is 0 Å². The Kier molecular flexibility index (Phi) is 6.62. The van der Waals surface area contributed by atoms with Gasteiger partial charge in [0.15, 0.2) is 0 Å². The van der Waals surface area contributed by atoms with Crippen molar-refractivity contribution in [3.63, 3.8) is 0 Å². The number of nitrogens with zero attached hydrogens (tertiary/aromatic N) is 1. The highest BCUT2D eigenvalue weighted by Gasteiger charge is 2.07. The zero-order valence-electron chi connectivity index (χ0n) is 11.3. The molecule has 0 spiro atoms. The van der Waals surface area contributed by atoms with Crippen molar-refractivity contribution in [1.82, 2.24) is 10.2 Å². The van der Waals surface area contributed by atoms with E-state index in [1.807, 2.05) is 7.05 Å². The Bertz CT molecular complexity index is 426. The fourth-order valence-corrected chi connectivity index (χ4v) is 1.62. The first-order valence-corrected chi connectivity index (χ1v) is 6.43. The van der Waals surface area contributed by atoms with Crippen LogP contribution in [0.2, 0.25) is 5.02 Å². The van der Waals surface area contributed by atoms with Crippen LogP contribution >= 0.6 is 11.6 Å². The molecule has 19 heavy (non-hydrogen) atoms. The van der Waals surface area contributed by atoms with E-state index in [1.54, 1.807) is 25.3 Å². The normalized spacial score (nSPS) is 10.7. The van der Waals surface area contributed by atoms with Gasteiger partial charge in [-0.15, -0.1) is 0 Å². The lowest BCUT2D eigenvalue weighted by atomic mass is 10.2. The van der Waals surface area contributed by atoms with Crippen LogP contribution in [0.1, 0.15) is 10.4 Å². The molecule has 0 unspecified atom stereocenters. The molecule has 0 saturated heterocycles. The molecule has 106 valence electrons. The molecule has 6 heteroatoms. The summed E-state index contributed by atoms with van der Waals surface area (Å²) in [7, 11) is 3.64. The summed E-state index contributed by atoms with van der Waals surface area (Å²) < 4.78 is 4.98. The van der Waals surface area contributed by atoms with E-state index in [9.17, 15) is 4.79 Å². The van der Waals surface area contributed by atoms with Gasteiger partial charge in [0.05, 0.1) is 17.3 Å². The molecule has 1 rings (SSSR count). The number of ether oxygens (including phenoxy) is 1. The molecule has 0 fully saturated rings. The Morgan fingerprint density at radius 2 is 2.21 bits per heavy atom. The molecule has 0 aliphatic carbocycles. The predicted octanol–water partition coefficient (Wildman–Crippen LogP) is 1.23. The van der Waals surface area contributed by atoms with E-state index in [4.69, 9.17) is 22.1 Å². The second-order valence-corrected chi connectivity index (χ2v) is 4.70. The van der Waals surface area contributed by atoms with Crippen LogP contribution in [0.5, 0.6) is 0 Å². The van der Waals surface area contributed by atoms with Gasteiger partial charge in [0.25, 0.3) is 5.91 Å². The summed E-state index contributed by atoms with van der Waals surface area (Å²) in [6.07, 6.45) is 0. The van der Waals surface area contributed by atoms with Crippen molar-refractivity contribution in [1.29, 1.82) is 0 Å². The van der Waals surface area contributed by atoms with Crippen LogP contribution in [-0.2, 0) is 4.74 Å². The molecule has 0 aliphatic rings. The van der Waals surface area contributed by atoms with Gasteiger partial charge in [-0.2, -0.15) is 0 Å². The van der Waals surface area contributed by atoms with Crippen LogP contribution < -0.4 is 11.1 Å². The van der Waals surface area contributed by atoms with Gasteiger partial charge in [-0.05, 0) is 25.2 Å². The number of carbonyl (C=O) groups excluding carboxylic acids is 1. The predicted molar refractivity (Wildman–Crippen MR) is 77.6 cm³/mol. The molecule has 0 atom stereocenters. The van der Waals surface area contributed by atoms with Crippen LogP contribution in [0.4, 0.5) is 5.69 Å². The Morgan fingerprint density at radius 3 is 2.84 bits per heavy atom. The van der Waals surface area contributed by atoms with E-state index < -0.39 is 0 Å². The summed E-state index contributed by atoms with van der Waals surface area (Å²) in [5, 5.41) is 3.29. The Labute approximate surface area is 118 Å². The Balaban J connectivity index is 2.37. The highest BCUT2D eigenvalue weighted by atomic mass is 35.5. The Hall–Kier alpha value is -1.30. The summed E-state index contributed by atoms with van der Waals surface area (Å²) >= 11 is 5.80. The van der Waals surface area contributed by atoms with Crippen LogP contribution in [0.15, 0.2) is 18.2 Å². The summed E-state index contributed by atoms with van der Waals surface area (Å²) in [5.41, 5.74) is 6.58. The maximum absolute atomic E-state index is 11.9. The van der Waals surface area contributed by atoms with E-state index in [0.29, 0.717) is 29.4 Å². The van der Waals surface area contributed by atoms with Crippen LogP contribution in [0.25, 0.3) is 0 Å². The van der Waals surface area contributed by atoms with Gasteiger partial charge in [-0.1, -0.05) is 11.6 Å². The van der Waals surface area contributed by atoms with Crippen molar-refractivity contribution < 1.29 is 9.53 Å². The molecule has 1 amide bonds. The molecule has 1 aromatic carbocycles. The highest BCUT2D eigenvalue weighted by molar-refractivity contribution is 6.33. The SMILES string of the molecule is COCCN(C)CCNC(=O)c1ccc(Cl)c(N)c1. The lowest BCUT2D eigenvalue weighted by Gasteiger charge is -2.16. The number of anilines is 1. The molecule has 0 radical (unpaired) electrons. The van der Waals surface area contributed by atoms with Gasteiger partial charge >= 0.3 is 0 Å². The number of rotatable bonds is 7. The van der Waals surface area contributed by atoms with Gasteiger partial charge in [-0.3, -0.25) is 4.79 Å². The van der Waals surface area contributed by atoms with Gasteiger partial charge in [0, 0.05) is 32.3 Å². The maximum atomic E-state index is 11.9. The molecule has 0 bridgehead atoms. The molecule has 1 aromatic rings. The summed E-state index contributed by atoms with van der Waals surface area (Å²) in [6, 6.07) is 4.85. The molecular formula is C13H20ClN3O2. The van der Waals surface area contributed by atoms with Crippen LogP contribution in [-0.4, -0.2) is 51.2 Å². The first-order valence-electron chi connectivity index (χ1n) is 6.05. The second kappa shape index (κ2) is 7.99. The average molecular weight is 286 g/mol. The van der Waals surface area contributed by atoms with Crippen LogP contribution in [0.3, 0.4) is 0 Å². The monoisotopic (exact) mass is 285 g/mol. The third-order valence-electron chi connectivity index (χ3n) is 2.71. The molecule has 0 heterocycles. The molecule has 3 N–H and O–H groups in total. The van der Waals surface area contributed by atoms with Crippen molar-refractivity contribution in [3.05, 3.63) is 28.8 Å². The van der Waals surface area contributed by atoms with Gasteiger partial charge in [-0.25, -0.2) is 0 Å². The van der Waals surface area contributed by atoms with E-state index >= 15 is 0 Å². The van der Waals surface area contributed by atoms with Gasteiger partial charge in [0.2, 0.25) is 0 Å². The minimum Gasteiger partial charge on any atom is -0.398 e. The van der Waals surface area contributed by atoms with E-state index in [-0.39, 0.29) is 5.91 Å². The smallest absolute Gasteiger partial charge is 0.251 e. The lowest BCUT2D eigenvalue weighted by Crippen LogP contribution is -2.34. The number of hydrogen-bond donors (Lipinski definition) is 2. The first-order chi connectivity index (χ1) is 9.04. The van der Waals surface area contributed by atoms with Crippen molar-refractivity contribution in [3.8, 4) is 0 Å². The number of hydrogen-bond acceptors (Lipinski definition) is 4. The van der Waals surface area contributed by atoms with E-state index in [2.05, 4.69) is 10.2 Å². The fraction of sp³-hybridized carbons (Fsp3) is 0.462. The summed E-state index contributed by atoms with van der Waals surface area (Å²) in [5.74, 6) is -0.150. The number of halogens is 1. The number of benzene rings is 1. The number of carbonyl (C=O) groups is 1. The summed E-state index contributed by atoms with van der Waals surface area (Å²) in [6.45, 7) is 2.85. The van der Waals surface area contributed by atoms with E-state index in [1.165, 1.54) is 0 Å². The number of methoxy groups -OCH3 is 1. The number of likely N-dealkylation sites (N-methyl/N-ethyl adjacent to an activating group) is 1. The molecular weight excluding hydrogens is 266 g/mol. The lowest BCUT2D eigenvalue weighted by molar-refractivity contribution is 0.0947. The van der Waals surface area contributed by atoms with Gasteiger partial charge in [0.1, 0.15) is 0 Å². The number of nitrogens with one attached hydrogen (secondary N) is 1. The van der Waals surface area contributed by atoms with Gasteiger partial charge < -0.3 is 20.7 Å². The topological polar surface area (TPSA) is 67.6 Å². The molecule has 0 saturated carbocycles. The quantitative estimate of drug-likeness (QED) is 0.740. The third-order valence-corrected chi connectivity index (χ3v) is 3.06. The van der Waals surface area contributed by atoms with Crippen LogP contribution in [0, 0.1) is 0 Å². The largest absolute Gasteiger partial charge is 0.398 e. The Morgan fingerprint density at radius 1 is 1.47 bits per heavy atom. The van der Waals surface area contributed by atoms with E-state index in [0.717, 1.165) is 13.1 Å². The summed E-state index contributed by atoms with van der Waals surface area (Å²) in [4.78, 5) is 13.9. The minimum absolute atomic E-state index is 0.150. The maximum Gasteiger partial charge on any atom is 0.251 e. The fourth-order valence-electron chi connectivity index (χ4n) is 1.51. The molecule has 5 nitrogen and oxygen atoms in total. The molecule has 0 aromatic heterocycles. The second-order valence-electron chi connectivity index (χ2n) is 4.29. The highest BCUT2D eigenvalue weighted by Crippen LogP contribution is 2.19. The number of amides is 1. The van der Waals surface area contributed by atoms with Crippen molar-refractivity contribution in [2.75, 3.05) is 46.1 Å². The van der Waals surface area contributed by atoms with Crippen molar-refractivity contribution in [2.24, 2.45) is 0 Å². The standard InChI is InChI=1S/C13H20ClN3O2/c1-17(7-8-19-2)6-5-16-13(18)10-3-4-11(14)12(15)9-10/h3-4,9H,5-8,15H2,1-2H3,(H,16,18). The molecule has 0 aliphatic heterocycles. The zero-order chi connectivity index (χ0) is 14.3. The van der Waals surface area contributed by atoms with Crippen molar-refractivity contribution >= 4 is 23.2 Å². The first kappa shape index (κ1) is 15.8. The number of nitrogens with two attached hydrogens (primary N) is 1.